The molecule has 29 heavy (non-hydrogen) atoms. The van der Waals surface area contributed by atoms with E-state index in [9.17, 15) is 4.79 Å². The van der Waals surface area contributed by atoms with Gasteiger partial charge < -0.3 is 19.9 Å². The first-order valence-electron chi connectivity index (χ1n) is 10.4. The number of nitrogens with zero attached hydrogens (tertiary/aromatic N) is 3. The number of anilines is 3. The Balaban J connectivity index is 1.45. The Hall–Kier alpha value is -2.73. The van der Waals surface area contributed by atoms with E-state index in [0.717, 1.165) is 50.7 Å². The number of methoxy groups -OCH3 is 1. The van der Waals surface area contributed by atoms with E-state index in [4.69, 9.17) is 4.74 Å². The second kappa shape index (κ2) is 10.2. The Kier molecular flexibility index (Phi) is 7.36. The average molecular weight is 397 g/mol. The van der Waals surface area contributed by atoms with Gasteiger partial charge in [-0.25, -0.2) is 0 Å². The molecule has 156 valence electrons. The Morgan fingerprint density at radius 2 is 1.59 bits per heavy atom. The zero-order valence-corrected chi connectivity index (χ0v) is 17.7. The Morgan fingerprint density at radius 1 is 0.966 bits per heavy atom. The van der Waals surface area contributed by atoms with Gasteiger partial charge in [-0.15, -0.1) is 0 Å². The molecule has 0 atom stereocenters. The topological polar surface area (TPSA) is 48.1 Å². The number of carbonyl (C=O) groups is 1. The van der Waals surface area contributed by atoms with E-state index in [1.165, 1.54) is 11.4 Å². The van der Waals surface area contributed by atoms with Gasteiger partial charge >= 0.3 is 0 Å². The van der Waals surface area contributed by atoms with Crippen LogP contribution in [0.5, 0.6) is 5.75 Å². The molecule has 1 aliphatic rings. The number of benzene rings is 2. The van der Waals surface area contributed by atoms with Crippen LogP contribution >= 0.6 is 0 Å². The summed E-state index contributed by atoms with van der Waals surface area (Å²) in [7, 11) is 1.68. The van der Waals surface area contributed by atoms with Gasteiger partial charge in [-0.3, -0.25) is 9.69 Å². The molecular formula is C23H32N4O2. The van der Waals surface area contributed by atoms with Crippen molar-refractivity contribution >= 4 is 23.0 Å². The van der Waals surface area contributed by atoms with Gasteiger partial charge in [0.25, 0.3) is 0 Å². The molecule has 1 fully saturated rings. The third-order valence-corrected chi connectivity index (χ3v) is 5.46. The van der Waals surface area contributed by atoms with Crippen LogP contribution in [0.4, 0.5) is 17.1 Å². The van der Waals surface area contributed by atoms with Crippen LogP contribution in [0.25, 0.3) is 0 Å². The fraction of sp³-hybridized carbons (Fsp3) is 0.435. The van der Waals surface area contributed by atoms with E-state index in [-0.39, 0.29) is 5.91 Å². The van der Waals surface area contributed by atoms with Crippen LogP contribution in [0.2, 0.25) is 0 Å². The molecule has 6 nitrogen and oxygen atoms in total. The van der Waals surface area contributed by atoms with Crippen LogP contribution in [0, 0.1) is 0 Å². The number of nitrogens with one attached hydrogen (secondary N) is 1. The molecule has 0 saturated carbocycles. The first-order valence-corrected chi connectivity index (χ1v) is 10.4. The number of hydrogen-bond donors (Lipinski definition) is 1. The molecule has 0 unspecified atom stereocenters. The lowest BCUT2D eigenvalue weighted by Crippen LogP contribution is -2.48. The SMILES string of the molecule is CCN(CC)c1ccc(NC(=O)CN2CCN(c3ccc(OC)cc3)CC2)cc1. The van der Waals surface area contributed by atoms with Gasteiger partial charge in [-0.1, -0.05) is 0 Å². The quantitative estimate of drug-likeness (QED) is 0.742. The number of rotatable bonds is 8. The summed E-state index contributed by atoms with van der Waals surface area (Å²) in [6.45, 7) is 10.3. The molecule has 0 aromatic heterocycles. The van der Waals surface area contributed by atoms with E-state index >= 15 is 0 Å². The van der Waals surface area contributed by atoms with E-state index in [1.807, 2.05) is 24.3 Å². The van der Waals surface area contributed by atoms with E-state index in [1.54, 1.807) is 7.11 Å². The van der Waals surface area contributed by atoms with Gasteiger partial charge in [-0.2, -0.15) is 0 Å². The fourth-order valence-electron chi connectivity index (χ4n) is 3.71. The summed E-state index contributed by atoms with van der Waals surface area (Å²) in [4.78, 5) is 19.3. The van der Waals surface area contributed by atoms with Gasteiger partial charge in [-0.05, 0) is 62.4 Å². The highest BCUT2D eigenvalue weighted by molar-refractivity contribution is 5.92. The minimum absolute atomic E-state index is 0.0403. The molecule has 1 N–H and O–H groups in total. The third-order valence-electron chi connectivity index (χ3n) is 5.46. The van der Waals surface area contributed by atoms with Crippen molar-refractivity contribution in [2.75, 3.05) is 68.0 Å². The molecule has 0 radical (unpaired) electrons. The van der Waals surface area contributed by atoms with Crippen molar-refractivity contribution in [1.29, 1.82) is 0 Å². The van der Waals surface area contributed by atoms with Crippen molar-refractivity contribution in [3.05, 3.63) is 48.5 Å². The van der Waals surface area contributed by atoms with E-state index in [0.29, 0.717) is 6.54 Å². The molecule has 1 saturated heterocycles. The smallest absolute Gasteiger partial charge is 0.238 e. The van der Waals surface area contributed by atoms with Crippen LogP contribution in [0.1, 0.15) is 13.8 Å². The van der Waals surface area contributed by atoms with Crippen molar-refractivity contribution in [2.45, 2.75) is 13.8 Å². The van der Waals surface area contributed by atoms with Crippen molar-refractivity contribution in [3.8, 4) is 5.75 Å². The van der Waals surface area contributed by atoms with E-state index < -0.39 is 0 Å². The van der Waals surface area contributed by atoms with Gasteiger partial charge in [0, 0.05) is 56.3 Å². The highest BCUT2D eigenvalue weighted by Crippen LogP contribution is 2.21. The Morgan fingerprint density at radius 3 is 2.14 bits per heavy atom. The highest BCUT2D eigenvalue weighted by atomic mass is 16.5. The van der Waals surface area contributed by atoms with Gasteiger partial charge in [0.1, 0.15) is 5.75 Å². The monoisotopic (exact) mass is 396 g/mol. The van der Waals surface area contributed by atoms with Crippen LogP contribution in [0.15, 0.2) is 48.5 Å². The number of ether oxygens (including phenoxy) is 1. The lowest BCUT2D eigenvalue weighted by atomic mass is 10.2. The van der Waals surface area contributed by atoms with Crippen molar-refractivity contribution in [2.24, 2.45) is 0 Å². The molecule has 0 bridgehead atoms. The van der Waals surface area contributed by atoms with Crippen LogP contribution in [0.3, 0.4) is 0 Å². The zero-order valence-electron chi connectivity index (χ0n) is 17.7. The van der Waals surface area contributed by atoms with Gasteiger partial charge in [0.05, 0.1) is 13.7 Å². The minimum Gasteiger partial charge on any atom is -0.497 e. The van der Waals surface area contributed by atoms with Crippen molar-refractivity contribution < 1.29 is 9.53 Å². The maximum absolute atomic E-state index is 12.4. The summed E-state index contributed by atoms with van der Waals surface area (Å²) in [5.74, 6) is 0.910. The minimum atomic E-state index is 0.0403. The first kappa shape index (κ1) is 21.0. The van der Waals surface area contributed by atoms with E-state index in [2.05, 4.69) is 58.1 Å². The largest absolute Gasteiger partial charge is 0.497 e. The van der Waals surface area contributed by atoms with Gasteiger partial charge in [0.2, 0.25) is 5.91 Å². The summed E-state index contributed by atoms with van der Waals surface area (Å²) in [6, 6.07) is 16.2. The number of carbonyl (C=O) groups excluding carboxylic acids is 1. The summed E-state index contributed by atoms with van der Waals surface area (Å²) in [5.41, 5.74) is 3.23. The number of hydrogen-bond acceptors (Lipinski definition) is 5. The maximum Gasteiger partial charge on any atom is 0.238 e. The number of piperazine rings is 1. The lowest BCUT2D eigenvalue weighted by molar-refractivity contribution is -0.117. The van der Waals surface area contributed by atoms with Crippen LogP contribution in [-0.4, -0.2) is 63.7 Å². The second-order valence-electron chi connectivity index (χ2n) is 7.23. The van der Waals surface area contributed by atoms with Gasteiger partial charge in [0.15, 0.2) is 0 Å². The number of amides is 1. The standard InChI is InChI=1S/C23H32N4O2/c1-4-26(5-2)20-8-6-19(7-9-20)24-23(28)18-25-14-16-27(17-15-25)21-10-12-22(29-3)13-11-21/h6-13H,4-5,14-18H2,1-3H3,(H,24,28). The normalized spacial score (nSPS) is 14.5. The first-order chi connectivity index (χ1) is 14.1. The third kappa shape index (κ3) is 5.64. The summed E-state index contributed by atoms with van der Waals surface area (Å²) < 4.78 is 5.22. The predicted octanol–water partition coefficient (Wildman–Crippen LogP) is 3.30. The summed E-state index contributed by atoms with van der Waals surface area (Å²) in [6.07, 6.45) is 0. The fourth-order valence-corrected chi connectivity index (χ4v) is 3.71. The van der Waals surface area contributed by atoms with Crippen LogP contribution < -0.4 is 19.9 Å². The zero-order chi connectivity index (χ0) is 20.6. The molecule has 1 aliphatic heterocycles. The van der Waals surface area contributed by atoms with Crippen molar-refractivity contribution in [3.63, 3.8) is 0 Å². The molecule has 2 aromatic rings. The molecule has 3 rings (SSSR count). The lowest BCUT2D eigenvalue weighted by Gasteiger charge is -2.35. The molecule has 1 heterocycles. The molecule has 0 aliphatic carbocycles. The summed E-state index contributed by atoms with van der Waals surface area (Å²) in [5, 5.41) is 3.02. The Labute approximate surface area is 174 Å². The predicted molar refractivity (Wildman–Crippen MR) is 120 cm³/mol. The maximum atomic E-state index is 12.4. The Bertz CT molecular complexity index is 764. The average Bonchev–Trinajstić information content (AvgIpc) is 2.76. The molecule has 2 aromatic carbocycles. The molecular weight excluding hydrogens is 364 g/mol. The van der Waals surface area contributed by atoms with Crippen molar-refractivity contribution in [1.82, 2.24) is 4.90 Å². The molecule has 1 amide bonds. The highest BCUT2D eigenvalue weighted by Gasteiger charge is 2.19. The molecule has 0 spiro atoms. The molecule has 6 heteroatoms. The summed E-state index contributed by atoms with van der Waals surface area (Å²) >= 11 is 0. The second-order valence-corrected chi connectivity index (χ2v) is 7.23. The van der Waals surface area contributed by atoms with Crippen LogP contribution in [-0.2, 0) is 4.79 Å².